The minimum absolute atomic E-state index is 0.116. The van der Waals surface area contributed by atoms with Crippen LogP contribution in [-0.2, 0) is 11.3 Å². The molecule has 0 heterocycles. The van der Waals surface area contributed by atoms with Gasteiger partial charge in [-0.05, 0) is 59.2 Å². The SMILES string of the molecule is CCNC(=NCc1ccc(C(=O)NC)cc1)NCC(C)(C)NC(=O)OC(C)(C)C. The van der Waals surface area contributed by atoms with E-state index in [0.717, 1.165) is 5.56 Å². The highest BCUT2D eigenvalue weighted by atomic mass is 16.6. The number of alkyl carbamates (subject to hydrolysis) is 1. The Hall–Kier alpha value is -2.77. The molecule has 8 heteroatoms. The number of hydrogen-bond acceptors (Lipinski definition) is 4. The summed E-state index contributed by atoms with van der Waals surface area (Å²) in [5, 5.41) is 11.9. The second kappa shape index (κ2) is 10.7. The van der Waals surface area contributed by atoms with Gasteiger partial charge in [0.2, 0.25) is 0 Å². The highest BCUT2D eigenvalue weighted by molar-refractivity contribution is 5.93. The molecule has 0 spiro atoms. The van der Waals surface area contributed by atoms with Gasteiger partial charge in [0.15, 0.2) is 5.96 Å². The van der Waals surface area contributed by atoms with Crippen LogP contribution in [0.3, 0.4) is 0 Å². The molecule has 0 bridgehead atoms. The fourth-order valence-corrected chi connectivity index (χ4v) is 2.35. The van der Waals surface area contributed by atoms with E-state index in [1.165, 1.54) is 0 Å². The fraction of sp³-hybridized carbons (Fsp3) is 0.571. The first-order valence-electron chi connectivity index (χ1n) is 9.80. The maximum absolute atomic E-state index is 12.0. The number of hydrogen-bond donors (Lipinski definition) is 4. The van der Waals surface area contributed by atoms with E-state index < -0.39 is 17.2 Å². The Bertz CT molecular complexity index is 706. The van der Waals surface area contributed by atoms with Gasteiger partial charge in [-0.25, -0.2) is 9.79 Å². The maximum atomic E-state index is 12.0. The van der Waals surface area contributed by atoms with Crippen LogP contribution in [0.5, 0.6) is 0 Å². The number of nitrogens with one attached hydrogen (secondary N) is 4. The molecule has 0 fully saturated rings. The molecular weight excluding hydrogens is 370 g/mol. The molecule has 0 aliphatic rings. The average molecular weight is 406 g/mol. The highest BCUT2D eigenvalue weighted by Gasteiger charge is 2.24. The van der Waals surface area contributed by atoms with Gasteiger partial charge in [0.1, 0.15) is 5.60 Å². The topological polar surface area (TPSA) is 104 Å². The zero-order valence-electron chi connectivity index (χ0n) is 18.6. The van der Waals surface area contributed by atoms with Crippen LogP contribution < -0.4 is 21.3 Å². The molecule has 0 unspecified atom stereocenters. The van der Waals surface area contributed by atoms with Gasteiger partial charge in [0.25, 0.3) is 5.91 Å². The second-order valence-electron chi connectivity index (χ2n) is 8.34. The van der Waals surface area contributed by atoms with Crippen LogP contribution in [0.1, 0.15) is 57.5 Å². The van der Waals surface area contributed by atoms with Crippen molar-refractivity contribution in [3.05, 3.63) is 35.4 Å². The van der Waals surface area contributed by atoms with E-state index in [9.17, 15) is 9.59 Å². The largest absolute Gasteiger partial charge is 0.444 e. The van der Waals surface area contributed by atoms with Gasteiger partial charge in [-0.3, -0.25) is 4.79 Å². The number of aliphatic imine (C=N–C) groups is 1. The summed E-state index contributed by atoms with van der Waals surface area (Å²) in [6.45, 7) is 12.9. The van der Waals surface area contributed by atoms with Gasteiger partial charge in [0, 0.05) is 25.7 Å². The lowest BCUT2D eigenvalue weighted by atomic mass is 10.1. The minimum Gasteiger partial charge on any atom is -0.444 e. The number of ether oxygens (including phenoxy) is 1. The molecule has 0 aliphatic heterocycles. The Balaban J connectivity index is 2.67. The van der Waals surface area contributed by atoms with Crippen molar-refractivity contribution in [1.29, 1.82) is 0 Å². The molecular formula is C21H35N5O3. The Morgan fingerprint density at radius 2 is 1.66 bits per heavy atom. The van der Waals surface area contributed by atoms with Crippen molar-refractivity contribution >= 4 is 18.0 Å². The molecule has 0 aromatic heterocycles. The highest BCUT2D eigenvalue weighted by Crippen LogP contribution is 2.09. The van der Waals surface area contributed by atoms with Gasteiger partial charge in [-0.2, -0.15) is 0 Å². The van der Waals surface area contributed by atoms with Crippen molar-refractivity contribution in [3.8, 4) is 0 Å². The third kappa shape index (κ3) is 9.82. The third-order valence-electron chi connectivity index (χ3n) is 3.74. The number of amides is 2. The fourth-order valence-electron chi connectivity index (χ4n) is 2.35. The predicted molar refractivity (Wildman–Crippen MR) is 116 cm³/mol. The van der Waals surface area contributed by atoms with Crippen LogP contribution in [0.25, 0.3) is 0 Å². The van der Waals surface area contributed by atoms with Crippen LogP contribution in [0.4, 0.5) is 4.79 Å². The van der Waals surface area contributed by atoms with Crippen LogP contribution in [-0.4, -0.2) is 49.2 Å². The van der Waals surface area contributed by atoms with E-state index >= 15 is 0 Å². The van der Waals surface area contributed by atoms with E-state index in [1.807, 2.05) is 53.7 Å². The molecule has 0 saturated heterocycles. The first kappa shape index (κ1) is 24.3. The van der Waals surface area contributed by atoms with Gasteiger partial charge < -0.3 is 26.0 Å². The molecule has 1 aromatic carbocycles. The number of benzene rings is 1. The summed E-state index contributed by atoms with van der Waals surface area (Å²) in [5.41, 5.74) is 0.520. The molecule has 2 amide bonds. The maximum Gasteiger partial charge on any atom is 0.408 e. The molecule has 0 aliphatic carbocycles. The number of carbonyl (C=O) groups excluding carboxylic acids is 2. The molecule has 8 nitrogen and oxygen atoms in total. The summed E-state index contributed by atoms with van der Waals surface area (Å²) in [6, 6.07) is 7.31. The number of rotatable bonds is 7. The first-order valence-corrected chi connectivity index (χ1v) is 9.80. The number of guanidine groups is 1. The van der Waals surface area contributed by atoms with Crippen molar-refractivity contribution < 1.29 is 14.3 Å². The Kier molecular flexibility index (Phi) is 8.94. The van der Waals surface area contributed by atoms with Crippen LogP contribution >= 0.6 is 0 Å². The molecule has 29 heavy (non-hydrogen) atoms. The Morgan fingerprint density at radius 3 is 2.17 bits per heavy atom. The molecule has 162 valence electrons. The lowest BCUT2D eigenvalue weighted by Crippen LogP contribution is -2.54. The van der Waals surface area contributed by atoms with Crippen molar-refractivity contribution in [2.24, 2.45) is 4.99 Å². The quantitative estimate of drug-likeness (QED) is 0.412. The van der Waals surface area contributed by atoms with Crippen LogP contribution in [0, 0.1) is 0 Å². The summed E-state index contributed by atoms with van der Waals surface area (Å²) in [7, 11) is 1.61. The third-order valence-corrected chi connectivity index (χ3v) is 3.74. The summed E-state index contributed by atoms with van der Waals surface area (Å²) >= 11 is 0. The standard InChI is InChI=1S/C21H35N5O3/c1-8-23-18(24-13-15-9-11-16(12-10-15)17(27)22-7)25-14-21(5,6)26-19(28)29-20(2,3)4/h9-12H,8,13-14H2,1-7H3,(H,22,27)(H,26,28)(H2,23,24,25). The van der Waals surface area contributed by atoms with E-state index in [4.69, 9.17) is 4.74 Å². The summed E-state index contributed by atoms with van der Waals surface area (Å²) in [6.07, 6.45) is -0.456. The van der Waals surface area contributed by atoms with E-state index in [1.54, 1.807) is 19.2 Å². The van der Waals surface area contributed by atoms with E-state index in [0.29, 0.717) is 31.2 Å². The van der Waals surface area contributed by atoms with Gasteiger partial charge in [-0.1, -0.05) is 12.1 Å². The van der Waals surface area contributed by atoms with Crippen molar-refractivity contribution in [3.63, 3.8) is 0 Å². The molecule has 0 saturated carbocycles. The molecule has 1 aromatic rings. The Labute approximate surface area is 173 Å². The predicted octanol–water partition coefficient (Wildman–Crippen LogP) is 2.40. The van der Waals surface area contributed by atoms with E-state index in [-0.39, 0.29) is 5.91 Å². The van der Waals surface area contributed by atoms with Gasteiger partial charge in [0.05, 0.1) is 12.1 Å². The molecule has 0 radical (unpaired) electrons. The zero-order chi connectivity index (χ0) is 22.1. The first-order chi connectivity index (χ1) is 13.5. The van der Waals surface area contributed by atoms with Crippen molar-refractivity contribution in [2.75, 3.05) is 20.1 Å². The second-order valence-corrected chi connectivity index (χ2v) is 8.34. The average Bonchev–Trinajstić information content (AvgIpc) is 2.61. The minimum atomic E-state index is -0.544. The van der Waals surface area contributed by atoms with Crippen LogP contribution in [0.15, 0.2) is 29.3 Å². The van der Waals surface area contributed by atoms with E-state index in [2.05, 4.69) is 26.3 Å². The lowest BCUT2D eigenvalue weighted by Gasteiger charge is -2.29. The smallest absolute Gasteiger partial charge is 0.408 e. The normalized spacial score (nSPS) is 12.2. The summed E-state index contributed by atoms with van der Waals surface area (Å²) < 4.78 is 5.32. The Morgan fingerprint density at radius 1 is 1.03 bits per heavy atom. The summed E-state index contributed by atoms with van der Waals surface area (Å²) in [4.78, 5) is 28.2. The summed E-state index contributed by atoms with van der Waals surface area (Å²) in [5.74, 6) is 0.525. The van der Waals surface area contributed by atoms with Crippen LogP contribution in [0.2, 0.25) is 0 Å². The molecule has 0 atom stereocenters. The van der Waals surface area contributed by atoms with Gasteiger partial charge in [-0.15, -0.1) is 0 Å². The molecule has 4 N–H and O–H groups in total. The van der Waals surface area contributed by atoms with Crippen molar-refractivity contribution in [1.82, 2.24) is 21.3 Å². The number of nitrogens with zero attached hydrogens (tertiary/aromatic N) is 1. The van der Waals surface area contributed by atoms with Crippen molar-refractivity contribution in [2.45, 2.75) is 59.2 Å². The zero-order valence-corrected chi connectivity index (χ0v) is 18.6. The molecule has 1 rings (SSSR count). The lowest BCUT2D eigenvalue weighted by molar-refractivity contribution is 0.0473. The van der Waals surface area contributed by atoms with Gasteiger partial charge >= 0.3 is 6.09 Å². The number of carbonyl (C=O) groups is 2. The monoisotopic (exact) mass is 405 g/mol.